The van der Waals surface area contributed by atoms with Gasteiger partial charge in [-0.05, 0) is 37.6 Å². The predicted octanol–water partition coefficient (Wildman–Crippen LogP) is 2.68. The van der Waals surface area contributed by atoms with Crippen LogP contribution in [0.3, 0.4) is 0 Å². The van der Waals surface area contributed by atoms with Gasteiger partial charge < -0.3 is 20.6 Å². The molecule has 1 saturated heterocycles. The summed E-state index contributed by atoms with van der Waals surface area (Å²) in [5, 5.41) is 17.9. The number of amides is 2. The number of nitrogens with zero attached hydrogens (tertiary/aromatic N) is 5. The van der Waals surface area contributed by atoms with E-state index in [0.717, 1.165) is 55.3 Å². The number of urea groups is 1. The third-order valence-corrected chi connectivity index (χ3v) is 5.63. The summed E-state index contributed by atoms with van der Waals surface area (Å²) in [7, 11) is 0. The van der Waals surface area contributed by atoms with E-state index in [4.69, 9.17) is 9.90 Å². The van der Waals surface area contributed by atoms with Crippen molar-refractivity contribution < 1.29 is 27.9 Å². The smallest absolute Gasteiger partial charge is 0.475 e. The molecule has 0 saturated carbocycles. The summed E-state index contributed by atoms with van der Waals surface area (Å²) in [4.78, 5) is 30.5. The molecule has 1 fully saturated rings. The first kappa shape index (κ1) is 24.3. The van der Waals surface area contributed by atoms with Crippen molar-refractivity contribution in [2.75, 3.05) is 47.8 Å². The Hall–Kier alpha value is -3.87. The van der Waals surface area contributed by atoms with Gasteiger partial charge in [0.1, 0.15) is 5.82 Å². The van der Waals surface area contributed by atoms with E-state index in [9.17, 15) is 18.0 Å². The van der Waals surface area contributed by atoms with Crippen molar-refractivity contribution in [3.8, 4) is 0 Å². The van der Waals surface area contributed by atoms with Crippen molar-refractivity contribution in [1.82, 2.24) is 19.9 Å². The molecule has 5 rings (SSSR count). The molecule has 0 spiro atoms. The Morgan fingerprint density at radius 3 is 2.54 bits per heavy atom. The highest BCUT2D eigenvalue weighted by atomic mass is 19.4. The Bertz CT molecular complexity index is 1240. The van der Waals surface area contributed by atoms with E-state index in [1.165, 1.54) is 11.3 Å². The van der Waals surface area contributed by atoms with Crippen LogP contribution in [-0.4, -0.2) is 70.6 Å². The molecule has 0 atom stereocenters. The number of anilines is 3. The Morgan fingerprint density at radius 2 is 1.86 bits per heavy atom. The fraction of sp³-hybridized carbons (Fsp3) is 0.364. The number of aryl methyl sites for hydroxylation is 1. The molecule has 3 aromatic heterocycles. The third kappa shape index (κ3) is 5.45. The van der Waals surface area contributed by atoms with Gasteiger partial charge in [-0.2, -0.15) is 18.3 Å². The number of hydrogen-bond acceptors (Lipinski definition) is 6. The van der Waals surface area contributed by atoms with Gasteiger partial charge >= 0.3 is 18.2 Å². The molecule has 3 N–H and O–H groups in total. The number of hydrogen-bond donors (Lipinski definition) is 3. The number of carboxylic acids is 1. The summed E-state index contributed by atoms with van der Waals surface area (Å²) in [5.41, 5.74) is 5.03. The molecule has 10 nitrogen and oxygen atoms in total. The highest BCUT2D eigenvalue weighted by Gasteiger charge is 2.38. The Kier molecular flexibility index (Phi) is 6.78. The Morgan fingerprint density at radius 1 is 1.14 bits per heavy atom. The van der Waals surface area contributed by atoms with Crippen LogP contribution in [0.25, 0.3) is 5.52 Å². The van der Waals surface area contributed by atoms with Crippen molar-refractivity contribution in [3.05, 3.63) is 47.9 Å². The van der Waals surface area contributed by atoms with E-state index in [2.05, 4.69) is 31.7 Å². The van der Waals surface area contributed by atoms with E-state index in [1.807, 2.05) is 37.5 Å². The minimum absolute atomic E-state index is 0.149. The quantitative estimate of drug-likeness (QED) is 0.505. The van der Waals surface area contributed by atoms with E-state index >= 15 is 0 Å². The number of carboxylic acid groups (broad SMARTS) is 1. The number of alkyl halides is 3. The maximum Gasteiger partial charge on any atom is 0.490 e. The fourth-order valence-corrected chi connectivity index (χ4v) is 4.06. The van der Waals surface area contributed by atoms with Crippen LogP contribution < -0.4 is 20.4 Å². The number of piperazine rings is 1. The molecule has 3 aromatic rings. The van der Waals surface area contributed by atoms with Gasteiger partial charge in [0.05, 0.1) is 11.2 Å². The number of aromatic nitrogens is 3. The Balaban J connectivity index is 0.000000364. The molecule has 35 heavy (non-hydrogen) atoms. The lowest BCUT2D eigenvalue weighted by Crippen LogP contribution is -2.43. The molecule has 0 radical (unpaired) electrons. The molecule has 0 unspecified atom stereocenters. The summed E-state index contributed by atoms with van der Waals surface area (Å²) in [6, 6.07) is 7.70. The van der Waals surface area contributed by atoms with Gasteiger partial charge in [0, 0.05) is 62.1 Å². The van der Waals surface area contributed by atoms with Gasteiger partial charge in [0.25, 0.3) is 0 Å². The van der Waals surface area contributed by atoms with Crippen LogP contribution in [0.2, 0.25) is 0 Å². The van der Waals surface area contributed by atoms with Crippen molar-refractivity contribution in [3.63, 3.8) is 0 Å². The van der Waals surface area contributed by atoms with Gasteiger partial charge in [0.15, 0.2) is 0 Å². The molecule has 0 aliphatic carbocycles. The summed E-state index contributed by atoms with van der Waals surface area (Å²) >= 11 is 0. The molecule has 5 heterocycles. The van der Waals surface area contributed by atoms with E-state index in [1.54, 1.807) is 9.42 Å². The van der Waals surface area contributed by atoms with Crippen LogP contribution in [0.4, 0.5) is 35.2 Å². The van der Waals surface area contributed by atoms with E-state index < -0.39 is 12.1 Å². The number of nitrogens with one attached hydrogen (secondary N) is 2. The summed E-state index contributed by atoms with van der Waals surface area (Å²) in [6.45, 7) is 6.52. The van der Waals surface area contributed by atoms with Crippen molar-refractivity contribution in [2.45, 2.75) is 19.5 Å². The maximum atomic E-state index is 12.9. The average Bonchev–Trinajstić information content (AvgIpc) is 3.41. The van der Waals surface area contributed by atoms with Crippen molar-refractivity contribution in [1.29, 1.82) is 0 Å². The van der Waals surface area contributed by atoms with Gasteiger partial charge in [-0.15, -0.1) is 0 Å². The van der Waals surface area contributed by atoms with Crippen molar-refractivity contribution >= 4 is 34.7 Å². The zero-order valence-electron chi connectivity index (χ0n) is 18.8. The molecular weight excluding hydrogens is 467 g/mol. The Labute approximate surface area is 198 Å². The van der Waals surface area contributed by atoms with Crippen LogP contribution in [0.5, 0.6) is 0 Å². The van der Waals surface area contributed by atoms with E-state index in [0.29, 0.717) is 6.54 Å². The summed E-state index contributed by atoms with van der Waals surface area (Å²) < 4.78 is 33.5. The first-order valence-electron chi connectivity index (χ1n) is 10.9. The largest absolute Gasteiger partial charge is 0.490 e. The number of pyridine rings is 2. The zero-order valence-corrected chi connectivity index (χ0v) is 18.8. The fourth-order valence-electron chi connectivity index (χ4n) is 4.06. The minimum Gasteiger partial charge on any atom is -0.475 e. The second kappa shape index (κ2) is 9.78. The molecule has 13 heteroatoms. The molecule has 2 aliphatic heterocycles. The number of carbonyl (C=O) groups is 2. The molecule has 186 valence electrons. The van der Waals surface area contributed by atoms with Crippen LogP contribution in [0.15, 0.2) is 36.7 Å². The molecular formula is C22H24F3N7O3. The second-order valence-corrected chi connectivity index (χ2v) is 8.07. The topological polar surface area (TPSA) is 115 Å². The monoisotopic (exact) mass is 491 g/mol. The maximum absolute atomic E-state index is 12.9. The van der Waals surface area contributed by atoms with E-state index in [-0.39, 0.29) is 6.03 Å². The van der Waals surface area contributed by atoms with Crippen LogP contribution in [0.1, 0.15) is 11.3 Å². The van der Waals surface area contributed by atoms with Gasteiger partial charge in [0.2, 0.25) is 0 Å². The number of fused-ring (bicyclic) bond motifs is 2. The average molecular weight is 491 g/mol. The lowest BCUT2D eigenvalue weighted by atomic mass is 10.1. The van der Waals surface area contributed by atoms with Crippen LogP contribution in [-0.2, 0) is 11.2 Å². The lowest BCUT2D eigenvalue weighted by Gasteiger charge is -2.31. The number of aliphatic carboxylic acids is 1. The van der Waals surface area contributed by atoms with Gasteiger partial charge in [-0.3, -0.25) is 4.90 Å². The second-order valence-electron chi connectivity index (χ2n) is 8.07. The number of halogens is 3. The number of carbonyl (C=O) groups excluding carboxylic acids is 1. The molecule has 2 aliphatic rings. The minimum atomic E-state index is -5.08. The molecule has 2 amide bonds. The standard InChI is InChI=1S/C20H23N7O.C2HF3O2/c1-14-12-16-13-15(3-9-27(16)24-14)23-20(28)26-8-4-17-18(2-5-22-19(17)26)25-10-6-21-7-11-25;3-2(4,5)1(6)7/h2-3,5,9,12-13,21H,4,6-8,10-11H2,1H3,(H,23,28);(H,6,7). The first-order valence-corrected chi connectivity index (χ1v) is 10.9. The normalized spacial score (nSPS) is 15.4. The van der Waals surface area contributed by atoms with Crippen molar-refractivity contribution in [2.24, 2.45) is 0 Å². The van der Waals surface area contributed by atoms with Gasteiger partial charge in [-0.25, -0.2) is 19.1 Å². The van der Waals surface area contributed by atoms with Gasteiger partial charge in [-0.1, -0.05) is 0 Å². The molecule has 0 aromatic carbocycles. The number of rotatable bonds is 2. The highest BCUT2D eigenvalue weighted by molar-refractivity contribution is 6.03. The third-order valence-electron chi connectivity index (χ3n) is 5.63. The van der Waals surface area contributed by atoms with Crippen LogP contribution >= 0.6 is 0 Å². The lowest BCUT2D eigenvalue weighted by molar-refractivity contribution is -0.192. The zero-order chi connectivity index (χ0) is 25.2. The SMILES string of the molecule is Cc1cc2cc(NC(=O)N3CCc4c(N5CCNCC5)ccnc43)ccn2n1.O=C(O)C(F)(F)F. The molecule has 0 bridgehead atoms. The first-order chi connectivity index (χ1) is 16.6. The predicted molar refractivity (Wildman–Crippen MR) is 123 cm³/mol. The van der Waals surface area contributed by atoms with Crippen LogP contribution in [0, 0.1) is 6.92 Å². The summed E-state index contributed by atoms with van der Waals surface area (Å²) in [5.74, 6) is -1.98. The highest BCUT2D eigenvalue weighted by Crippen LogP contribution is 2.34. The summed E-state index contributed by atoms with van der Waals surface area (Å²) in [6.07, 6.45) is -0.587.